The first kappa shape index (κ1) is 19.3. The van der Waals surface area contributed by atoms with Crippen LogP contribution in [0, 0.1) is 0 Å². The molecule has 3 aliphatic heterocycles. The van der Waals surface area contributed by atoms with Gasteiger partial charge in [0, 0.05) is 38.6 Å². The molecule has 2 fully saturated rings. The fourth-order valence-electron chi connectivity index (χ4n) is 4.41. The smallest absolute Gasteiger partial charge is 0.255 e. The highest BCUT2D eigenvalue weighted by Crippen LogP contribution is 2.34. The number of carbonyl (C=O) groups excluding carboxylic acids is 3. The van der Waals surface area contributed by atoms with Crippen molar-refractivity contribution in [3.63, 3.8) is 0 Å². The van der Waals surface area contributed by atoms with Gasteiger partial charge in [0.2, 0.25) is 11.8 Å². The zero-order valence-electron chi connectivity index (χ0n) is 20.2. The monoisotopic (exact) mass is 451 g/mol. The number of benzene rings is 2. The number of ether oxygens (including phenoxy) is 2. The van der Waals surface area contributed by atoms with Gasteiger partial charge in [-0.3, -0.25) is 24.6 Å². The predicted octanol–water partition coefficient (Wildman–Crippen LogP) is 1.86. The maximum Gasteiger partial charge on any atom is 0.255 e. The van der Waals surface area contributed by atoms with Gasteiger partial charge in [-0.15, -0.1) is 0 Å². The van der Waals surface area contributed by atoms with Gasteiger partial charge in [-0.1, -0.05) is 30.3 Å². The molecule has 3 aliphatic rings. The molecule has 0 radical (unpaired) electrons. The number of carbonyl (C=O) groups is 3. The molecule has 5 rings (SSSR count). The summed E-state index contributed by atoms with van der Waals surface area (Å²) in [5.41, 5.74) is 3.28. The van der Waals surface area contributed by atoms with E-state index in [1.54, 1.807) is 18.2 Å². The number of hydrogen-bond donors (Lipinski definition) is 1. The van der Waals surface area contributed by atoms with E-state index in [2.05, 4.69) is 17.0 Å². The minimum absolute atomic E-state index is 0.0939. The molecule has 8 nitrogen and oxygen atoms in total. The second-order valence-electron chi connectivity index (χ2n) is 8.44. The van der Waals surface area contributed by atoms with Crippen LogP contribution in [0.1, 0.15) is 41.2 Å². The van der Waals surface area contributed by atoms with Gasteiger partial charge in [0.25, 0.3) is 5.91 Å². The zero-order chi connectivity index (χ0) is 24.5. The average Bonchev–Trinajstić information content (AvgIpc) is 3.19. The summed E-state index contributed by atoms with van der Waals surface area (Å²) in [4.78, 5) is 41.0. The molecule has 33 heavy (non-hydrogen) atoms. The van der Waals surface area contributed by atoms with Crippen LogP contribution in [0.2, 0.25) is 1.41 Å². The highest BCUT2D eigenvalue weighted by atomic mass is 16.5. The molecule has 0 aromatic heterocycles. The van der Waals surface area contributed by atoms with Crippen LogP contribution in [0.3, 0.4) is 0 Å². The van der Waals surface area contributed by atoms with Gasteiger partial charge in [0.05, 0.1) is 19.8 Å². The molecule has 0 saturated carbocycles. The standard InChI is InChI=1S/C25H27N3O5/c29-23-9-8-21(24(30)26-23)28-15-20-19(25(28)31)2-1-3-22(20)33-16-18-6-4-17(5-7-18)14-27-10-12-32-13-11-27/h1-7,21H,8-16H2,(H,26,29,30)/i8D/hD. The van der Waals surface area contributed by atoms with E-state index in [-0.39, 0.29) is 18.3 Å². The second-order valence-corrected chi connectivity index (χ2v) is 8.44. The van der Waals surface area contributed by atoms with E-state index in [4.69, 9.17) is 12.3 Å². The van der Waals surface area contributed by atoms with Crippen molar-refractivity contribution >= 4 is 17.7 Å². The molecular weight excluding hydrogens is 422 g/mol. The second kappa shape index (κ2) is 9.33. The molecule has 2 aromatic rings. The van der Waals surface area contributed by atoms with Crippen LogP contribution in [0.15, 0.2) is 42.5 Å². The molecule has 3 heterocycles. The van der Waals surface area contributed by atoms with Crippen LogP contribution in [-0.2, 0) is 34.0 Å². The molecule has 172 valence electrons. The molecule has 0 bridgehead atoms. The van der Waals surface area contributed by atoms with Gasteiger partial charge in [-0.2, -0.15) is 0 Å². The Kier molecular flexibility index (Phi) is 5.44. The molecule has 8 heteroatoms. The number of fused-ring (bicyclic) bond motifs is 1. The number of amides is 3. The van der Waals surface area contributed by atoms with Gasteiger partial charge in [-0.05, 0) is 29.7 Å². The Hall–Kier alpha value is -3.23. The van der Waals surface area contributed by atoms with E-state index in [1.165, 1.54) is 10.5 Å². The highest BCUT2D eigenvalue weighted by Gasteiger charge is 2.40. The Morgan fingerprint density at radius 3 is 2.64 bits per heavy atom. The lowest BCUT2D eigenvalue weighted by atomic mass is 10.0. The summed E-state index contributed by atoms with van der Waals surface area (Å²) in [7, 11) is 0. The first-order chi connectivity index (χ1) is 16.9. The van der Waals surface area contributed by atoms with Crippen molar-refractivity contribution in [1.29, 1.82) is 0 Å². The van der Waals surface area contributed by atoms with E-state index in [0.29, 0.717) is 23.5 Å². The number of nitrogens with zero attached hydrogens (tertiary/aromatic N) is 2. The number of piperidine rings is 1. The Morgan fingerprint density at radius 2 is 1.85 bits per heavy atom. The predicted molar refractivity (Wildman–Crippen MR) is 119 cm³/mol. The average molecular weight is 452 g/mol. The van der Waals surface area contributed by atoms with E-state index >= 15 is 0 Å². The summed E-state index contributed by atoms with van der Waals surface area (Å²) in [6.07, 6.45) is -1.37. The normalized spacial score (nSPS) is 24.5. The van der Waals surface area contributed by atoms with Crippen molar-refractivity contribution in [2.75, 3.05) is 26.3 Å². The van der Waals surface area contributed by atoms with Crippen LogP contribution in [0.5, 0.6) is 5.75 Å². The fourth-order valence-corrected chi connectivity index (χ4v) is 4.41. The van der Waals surface area contributed by atoms with Gasteiger partial charge in [0.1, 0.15) is 18.4 Å². The van der Waals surface area contributed by atoms with Crippen LogP contribution in [0.4, 0.5) is 0 Å². The van der Waals surface area contributed by atoms with Crippen LogP contribution in [0.25, 0.3) is 0 Å². The third kappa shape index (κ3) is 4.62. The minimum atomic E-state index is -1.17. The van der Waals surface area contributed by atoms with Gasteiger partial charge in [-0.25, -0.2) is 0 Å². The summed E-state index contributed by atoms with van der Waals surface area (Å²) < 4.78 is 27.3. The summed E-state index contributed by atoms with van der Waals surface area (Å²) >= 11 is 0. The van der Waals surface area contributed by atoms with E-state index in [1.807, 2.05) is 12.1 Å². The number of rotatable bonds is 6. The van der Waals surface area contributed by atoms with Crippen molar-refractivity contribution in [3.8, 4) is 5.75 Å². The Bertz CT molecular complexity index is 1140. The van der Waals surface area contributed by atoms with Gasteiger partial charge >= 0.3 is 0 Å². The SMILES string of the molecule is [2H]C1CC(=O)N([2H])C(=O)C1N1Cc2c(OCc3ccc(CN4CCOCC4)cc3)cccc2C1=O. The van der Waals surface area contributed by atoms with Crippen molar-refractivity contribution in [3.05, 3.63) is 64.7 Å². The lowest BCUT2D eigenvalue weighted by Crippen LogP contribution is -2.52. The lowest BCUT2D eigenvalue weighted by molar-refractivity contribution is -0.136. The van der Waals surface area contributed by atoms with Crippen LogP contribution >= 0.6 is 0 Å². The summed E-state index contributed by atoms with van der Waals surface area (Å²) in [5.74, 6) is -1.42. The van der Waals surface area contributed by atoms with Gasteiger partial charge < -0.3 is 14.4 Å². The topological polar surface area (TPSA) is 88.2 Å². The largest absolute Gasteiger partial charge is 0.489 e. The Balaban J connectivity index is 1.26. The van der Waals surface area contributed by atoms with E-state index in [9.17, 15) is 14.4 Å². The number of hydrogen-bond acceptors (Lipinski definition) is 6. The molecular formula is C25H27N3O5. The molecule has 0 spiro atoms. The van der Waals surface area contributed by atoms with Crippen molar-refractivity contribution in [1.82, 2.24) is 15.1 Å². The third-order valence-electron chi connectivity index (χ3n) is 6.22. The Morgan fingerprint density at radius 1 is 1.09 bits per heavy atom. The third-order valence-corrected chi connectivity index (χ3v) is 6.22. The maximum atomic E-state index is 13.1. The molecule has 0 aliphatic carbocycles. The summed E-state index contributed by atoms with van der Waals surface area (Å²) in [6.45, 7) is 4.70. The summed E-state index contributed by atoms with van der Waals surface area (Å²) in [5, 5.41) is 0.270. The van der Waals surface area contributed by atoms with Gasteiger partial charge in [0.15, 0.2) is 1.41 Å². The number of nitrogens with one attached hydrogen (secondary N) is 1. The van der Waals surface area contributed by atoms with Crippen molar-refractivity contribution in [2.24, 2.45) is 0 Å². The molecule has 2 saturated heterocycles. The zero-order valence-corrected chi connectivity index (χ0v) is 18.2. The van der Waals surface area contributed by atoms with E-state index < -0.39 is 30.2 Å². The maximum absolute atomic E-state index is 13.1. The first-order valence-corrected chi connectivity index (χ1v) is 11.1. The fraction of sp³-hybridized carbons (Fsp3) is 0.400. The van der Waals surface area contributed by atoms with Crippen molar-refractivity contribution in [2.45, 2.75) is 38.6 Å². The highest BCUT2D eigenvalue weighted by molar-refractivity contribution is 6.05. The summed E-state index contributed by atoms with van der Waals surface area (Å²) in [6, 6.07) is 12.2. The molecule has 1 N–H and O–H groups in total. The van der Waals surface area contributed by atoms with Crippen molar-refractivity contribution < 1.29 is 26.6 Å². The molecule has 3 amide bonds. The lowest BCUT2D eigenvalue weighted by Gasteiger charge is -2.29. The van der Waals surface area contributed by atoms with Crippen LogP contribution < -0.4 is 10.0 Å². The van der Waals surface area contributed by atoms with E-state index in [0.717, 1.165) is 38.4 Å². The quantitative estimate of drug-likeness (QED) is 0.675. The number of imide groups is 1. The molecule has 2 atom stereocenters. The Labute approximate surface area is 195 Å². The van der Waals surface area contributed by atoms with Crippen LogP contribution in [-0.4, -0.2) is 59.9 Å². The number of morpholine rings is 1. The first-order valence-electron chi connectivity index (χ1n) is 12.2. The molecule has 2 aromatic carbocycles. The molecule has 2 unspecified atom stereocenters. The minimum Gasteiger partial charge on any atom is -0.489 e.